The van der Waals surface area contributed by atoms with Crippen LogP contribution in [0.3, 0.4) is 0 Å². The maximum atomic E-state index is 4.58. The van der Waals surface area contributed by atoms with Gasteiger partial charge in [-0.3, -0.25) is 9.36 Å². The molecule has 0 aliphatic rings. The van der Waals surface area contributed by atoms with Gasteiger partial charge in [0.1, 0.15) is 10.1 Å². The standard InChI is InChI=1S/C17H14BrN5/c18-17-16-15(6-8-19-17)12-23(21-16)11-14-4-2-13(3-5-14)10-22-9-1-7-20-22/h1-9,12H,10-11H2. The largest absolute Gasteiger partial charge is 0.268 e. The minimum absolute atomic E-state index is 0.739. The van der Waals surface area contributed by atoms with E-state index >= 15 is 0 Å². The summed E-state index contributed by atoms with van der Waals surface area (Å²) in [6, 6.07) is 12.5. The summed E-state index contributed by atoms with van der Waals surface area (Å²) in [7, 11) is 0. The fourth-order valence-corrected chi connectivity index (χ4v) is 2.99. The molecule has 0 unspecified atom stereocenters. The third-order valence-corrected chi connectivity index (χ3v) is 4.28. The molecule has 0 atom stereocenters. The van der Waals surface area contributed by atoms with Crippen molar-refractivity contribution in [2.45, 2.75) is 13.1 Å². The lowest BCUT2D eigenvalue weighted by molar-refractivity contribution is 0.682. The molecule has 0 amide bonds. The molecule has 114 valence electrons. The summed E-state index contributed by atoms with van der Waals surface area (Å²) >= 11 is 3.44. The van der Waals surface area contributed by atoms with Crippen LogP contribution in [0.5, 0.6) is 0 Å². The zero-order valence-corrected chi connectivity index (χ0v) is 13.9. The Balaban J connectivity index is 1.52. The lowest BCUT2D eigenvalue weighted by Crippen LogP contribution is -2.02. The molecule has 5 nitrogen and oxygen atoms in total. The number of aromatic nitrogens is 5. The Morgan fingerprint density at radius 3 is 2.30 bits per heavy atom. The maximum absolute atomic E-state index is 4.58. The highest BCUT2D eigenvalue weighted by Crippen LogP contribution is 2.20. The van der Waals surface area contributed by atoms with E-state index in [2.05, 4.69) is 55.4 Å². The lowest BCUT2D eigenvalue weighted by Gasteiger charge is -2.05. The molecule has 1 aromatic carbocycles. The summed E-state index contributed by atoms with van der Waals surface area (Å²) in [6.07, 6.45) is 7.58. The van der Waals surface area contributed by atoms with Crippen LogP contribution in [0.2, 0.25) is 0 Å². The van der Waals surface area contributed by atoms with E-state index in [0.29, 0.717) is 0 Å². The fourth-order valence-electron chi connectivity index (χ4n) is 2.56. The number of hydrogen-bond acceptors (Lipinski definition) is 3. The van der Waals surface area contributed by atoms with Crippen LogP contribution in [0.25, 0.3) is 10.9 Å². The van der Waals surface area contributed by atoms with Gasteiger partial charge in [0, 0.05) is 30.2 Å². The molecule has 4 rings (SSSR count). The molecule has 6 heteroatoms. The highest BCUT2D eigenvalue weighted by molar-refractivity contribution is 9.10. The Bertz CT molecular complexity index is 925. The number of hydrogen-bond donors (Lipinski definition) is 0. The van der Waals surface area contributed by atoms with Crippen LogP contribution < -0.4 is 0 Å². The van der Waals surface area contributed by atoms with Crippen LogP contribution in [0.4, 0.5) is 0 Å². The van der Waals surface area contributed by atoms with Gasteiger partial charge in [-0.15, -0.1) is 0 Å². The molecule has 3 aromatic heterocycles. The van der Waals surface area contributed by atoms with E-state index in [1.807, 2.05) is 33.9 Å². The summed E-state index contributed by atoms with van der Waals surface area (Å²) < 4.78 is 4.64. The van der Waals surface area contributed by atoms with Crippen LogP contribution in [0.1, 0.15) is 11.1 Å². The van der Waals surface area contributed by atoms with Crippen molar-refractivity contribution in [2.75, 3.05) is 0 Å². The van der Waals surface area contributed by atoms with Crippen molar-refractivity contribution in [3.8, 4) is 0 Å². The average molecular weight is 368 g/mol. The van der Waals surface area contributed by atoms with Gasteiger partial charge < -0.3 is 0 Å². The van der Waals surface area contributed by atoms with Gasteiger partial charge in [-0.1, -0.05) is 24.3 Å². The van der Waals surface area contributed by atoms with Crippen molar-refractivity contribution in [3.63, 3.8) is 0 Å². The van der Waals surface area contributed by atoms with Gasteiger partial charge >= 0.3 is 0 Å². The monoisotopic (exact) mass is 367 g/mol. The summed E-state index contributed by atoms with van der Waals surface area (Å²) in [4.78, 5) is 4.21. The molecule has 0 saturated heterocycles. The van der Waals surface area contributed by atoms with Crippen molar-refractivity contribution >= 4 is 26.8 Å². The highest BCUT2D eigenvalue weighted by Gasteiger charge is 2.05. The van der Waals surface area contributed by atoms with E-state index in [9.17, 15) is 0 Å². The van der Waals surface area contributed by atoms with Gasteiger partial charge in [0.25, 0.3) is 0 Å². The van der Waals surface area contributed by atoms with Crippen molar-refractivity contribution in [2.24, 2.45) is 0 Å². The summed E-state index contributed by atoms with van der Waals surface area (Å²) in [5, 5.41) is 9.90. The summed E-state index contributed by atoms with van der Waals surface area (Å²) in [5.74, 6) is 0. The molecule has 0 N–H and O–H groups in total. The molecule has 0 aliphatic carbocycles. The van der Waals surface area contributed by atoms with Gasteiger partial charge in [-0.25, -0.2) is 4.98 Å². The van der Waals surface area contributed by atoms with Gasteiger partial charge in [0.2, 0.25) is 0 Å². The molecule has 0 spiro atoms. The molecule has 0 aliphatic heterocycles. The topological polar surface area (TPSA) is 48.5 Å². The molecule has 0 bridgehead atoms. The van der Waals surface area contributed by atoms with E-state index in [1.54, 1.807) is 12.4 Å². The maximum Gasteiger partial charge on any atom is 0.134 e. The number of fused-ring (bicyclic) bond motifs is 1. The van der Waals surface area contributed by atoms with Gasteiger partial charge in [0.05, 0.1) is 13.1 Å². The minimum atomic E-state index is 0.739. The molecule has 4 aromatic rings. The molecule has 0 saturated carbocycles. The van der Waals surface area contributed by atoms with E-state index in [-0.39, 0.29) is 0 Å². The van der Waals surface area contributed by atoms with E-state index < -0.39 is 0 Å². The molecular weight excluding hydrogens is 354 g/mol. The third-order valence-electron chi connectivity index (χ3n) is 3.70. The van der Waals surface area contributed by atoms with Crippen molar-refractivity contribution in [1.82, 2.24) is 24.5 Å². The SMILES string of the molecule is Brc1nccc2cn(Cc3ccc(Cn4cccn4)cc3)nc12. The zero-order chi connectivity index (χ0) is 15.6. The Morgan fingerprint density at radius 1 is 0.913 bits per heavy atom. The Hall–Kier alpha value is -2.47. The normalized spacial score (nSPS) is 11.2. The predicted octanol–water partition coefficient (Wildman–Crippen LogP) is 3.49. The zero-order valence-electron chi connectivity index (χ0n) is 12.3. The first kappa shape index (κ1) is 14.1. The predicted molar refractivity (Wildman–Crippen MR) is 92.1 cm³/mol. The molecule has 3 heterocycles. The van der Waals surface area contributed by atoms with Crippen LogP contribution in [-0.4, -0.2) is 24.5 Å². The molecular formula is C17H14BrN5. The Morgan fingerprint density at radius 2 is 1.65 bits per heavy atom. The van der Waals surface area contributed by atoms with Crippen LogP contribution in [0, 0.1) is 0 Å². The number of nitrogens with zero attached hydrogens (tertiary/aromatic N) is 5. The summed E-state index contributed by atoms with van der Waals surface area (Å²) in [6.45, 7) is 1.53. The highest BCUT2D eigenvalue weighted by atomic mass is 79.9. The quantitative estimate of drug-likeness (QED) is 0.518. The molecule has 0 radical (unpaired) electrons. The first-order chi connectivity index (χ1) is 11.3. The minimum Gasteiger partial charge on any atom is -0.268 e. The first-order valence-electron chi connectivity index (χ1n) is 7.31. The third kappa shape index (κ3) is 3.03. The number of pyridine rings is 1. The van der Waals surface area contributed by atoms with Crippen molar-refractivity contribution in [1.29, 1.82) is 0 Å². The second kappa shape index (κ2) is 5.96. The summed E-state index contributed by atoms with van der Waals surface area (Å²) in [5.41, 5.74) is 3.34. The van der Waals surface area contributed by atoms with Crippen LogP contribution in [0.15, 0.2) is 65.8 Å². The second-order valence-corrected chi connectivity index (χ2v) is 6.14. The number of benzene rings is 1. The fraction of sp³-hybridized carbons (Fsp3) is 0.118. The smallest absolute Gasteiger partial charge is 0.134 e. The van der Waals surface area contributed by atoms with Crippen molar-refractivity contribution < 1.29 is 0 Å². The Labute approximate surface area is 141 Å². The van der Waals surface area contributed by atoms with Crippen molar-refractivity contribution in [3.05, 3.63) is 76.9 Å². The van der Waals surface area contributed by atoms with Gasteiger partial charge in [0.15, 0.2) is 0 Å². The molecule has 0 fully saturated rings. The van der Waals surface area contributed by atoms with Crippen LogP contribution in [-0.2, 0) is 13.1 Å². The number of rotatable bonds is 4. The van der Waals surface area contributed by atoms with Gasteiger partial charge in [-0.05, 0) is 39.2 Å². The molecule has 23 heavy (non-hydrogen) atoms. The van der Waals surface area contributed by atoms with Gasteiger partial charge in [-0.2, -0.15) is 10.2 Å². The van der Waals surface area contributed by atoms with E-state index in [1.165, 1.54) is 11.1 Å². The van der Waals surface area contributed by atoms with Crippen LogP contribution >= 0.6 is 15.9 Å². The van der Waals surface area contributed by atoms with E-state index in [4.69, 9.17) is 0 Å². The first-order valence-corrected chi connectivity index (χ1v) is 8.10. The van der Waals surface area contributed by atoms with E-state index in [0.717, 1.165) is 28.6 Å². The lowest BCUT2D eigenvalue weighted by atomic mass is 10.1. The Kier molecular flexibility index (Phi) is 3.67. The average Bonchev–Trinajstić information content (AvgIpc) is 3.19. The second-order valence-electron chi connectivity index (χ2n) is 5.39. The number of halogens is 1.